The summed E-state index contributed by atoms with van der Waals surface area (Å²) < 4.78 is 0. The van der Waals surface area contributed by atoms with Crippen LogP contribution in [-0.2, 0) is 11.2 Å². The smallest absolute Gasteiger partial charge is 0.254 e. The molecule has 0 spiro atoms. The monoisotopic (exact) mass is 215 g/mol. The highest BCUT2D eigenvalue weighted by Crippen LogP contribution is 2.00. The van der Waals surface area contributed by atoms with Gasteiger partial charge in [0.15, 0.2) is 0 Å². The predicted molar refractivity (Wildman–Crippen MR) is 61.6 cm³/mol. The standard InChI is InChI=1S/C12H13N3O/c13-9-8-12(16)15-14-10-4-7-11-5-2-1-3-6-11/h1-3,5-6,10H,4,7-8H2,(H,15,16). The fraction of sp³-hybridized carbons (Fsp3) is 0.250. The third-order valence-electron chi connectivity index (χ3n) is 1.93. The number of nitrogens with one attached hydrogen (secondary N) is 1. The first-order valence-electron chi connectivity index (χ1n) is 5.04. The summed E-state index contributed by atoms with van der Waals surface area (Å²) in [6, 6.07) is 11.8. The Balaban J connectivity index is 2.19. The summed E-state index contributed by atoms with van der Waals surface area (Å²) in [7, 11) is 0. The molecule has 1 rings (SSSR count). The van der Waals surface area contributed by atoms with Crippen molar-refractivity contribution in [1.82, 2.24) is 5.43 Å². The molecule has 0 bridgehead atoms. The molecule has 82 valence electrons. The lowest BCUT2D eigenvalue weighted by Crippen LogP contribution is -2.16. The van der Waals surface area contributed by atoms with E-state index in [1.54, 1.807) is 12.3 Å². The number of hydrogen-bond acceptors (Lipinski definition) is 3. The van der Waals surface area contributed by atoms with Crippen molar-refractivity contribution in [2.45, 2.75) is 19.3 Å². The van der Waals surface area contributed by atoms with Gasteiger partial charge in [0.05, 0.1) is 6.07 Å². The van der Waals surface area contributed by atoms with E-state index in [1.807, 2.05) is 30.3 Å². The van der Waals surface area contributed by atoms with Crippen LogP contribution in [0.4, 0.5) is 0 Å². The van der Waals surface area contributed by atoms with Gasteiger partial charge in [-0.05, 0) is 18.4 Å². The third-order valence-corrected chi connectivity index (χ3v) is 1.93. The van der Waals surface area contributed by atoms with Crippen molar-refractivity contribution >= 4 is 12.1 Å². The second kappa shape index (κ2) is 7.18. The van der Waals surface area contributed by atoms with E-state index in [0.717, 1.165) is 12.8 Å². The Morgan fingerprint density at radius 2 is 2.19 bits per heavy atom. The minimum atomic E-state index is -0.376. The largest absolute Gasteiger partial charge is 0.272 e. The third kappa shape index (κ3) is 4.91. The molecule has 4 nitrogen and oxygen atoms in total. The second-order valence-corrected chi connectivity index (χ2v) is 3.21. The Hall–Kier alpha value is -2.15. The maximum atomic E-state index is 10.8. The number of carbonyl (C=O) groups excluding carboxylic acids is 1. The minimum absolute atomic E-state index is 0.157. The van der Waals surface area contributed by atoms with Crippen molar-refractivity contribution in [1.29, 1.82) is 5.26 Å². The molecule has 0 heterocycles. The van der Waals surface area contributed by atoms with Gasteiger partial charge < -0.3 is 0 Å². The topological polar surface area (TPSA) is 65.2 Å². The molecule has 1 N–H and O–H groups in total. The Bertz CT molecular complexity index is 392. The molecule has 0 atom stereocenters. The number of nitriles is 1. The maximum absolute atomic E-state index is 10.8. The van der Waals surface area contributed by atoms with Crippen molar-refractivity contribution in [3.8, 4) is 6.07 Å². The lowest BCUT2D eigenvalue weighted by Gasteiger charge is -1.96. The van der Waals surface area contributed by atoms with Gasteiger partial charge >= 0.3 is 0 Å². The molecule has 0 fully saturated rings. The van der Waals surface area contributed by atoms with Crippen LogP contribution in [0.25, 0.3) is 0 Å². The second-order valence-electron chi connectivity index (χ2n) is 3.21. The van der Waals surface area contributed by atoms with Gasteiger partial charge in [0.25, 0.3) is 5.91 Å². The van der Waals surface area contributed by atoms with Crippen LogP contribution in [0.3, 0.4) is 0 Å². The molecule has 1 amide bonds. The van der Waals surface area contributed by atoms with Crippen LogP contribution in [0.5, 0.6) is 0 Å². The average Bonchev–Trinajstić information content (AvgIpc) is 2.30. The van der Waals surface area contributed by atoms with Crippen LogP contribution in [0.15, 0.2) is 35.4 Å². The van der Waals surface area contributed by atoms with Gasteiger partial charge in [-0.3, -0.25) is 4.79 Å². The molecule has 16 heavy (non-hydrogen) atoms. The molecule has 0 radical (unpaired) electrons. The highest BCUT2D eigenvalue weighted by molar-refractivity contribution is 5.78. The van der Waals surface area contributed by atoms with E-state index >= 15 is 0 Å². The summed E-state index contributed by atoms with van der Waals surface area (Å²) >= 11 is 0. The van der Waals surface area contributed by atoms with Crippen LogP contribution in [0.2, 0.25) is 0 Å². The summed E-state index contributed by atoms with van der Waals surface area (Å²) in [4.78, 5) is 10.8. The van der Waals surface area contributed by atoms with E-state index in [4.69, 9.17) is 5.26 Å². The van der Waals surface area contributed by atoms with E-state index in [9.17, 15) is 4.79 Å². The van der Waals surface area contributed by atoms with Gasteiger partial charge in [-0.1, -0.05) is 30.3 Å². The molecule has 1 aromatic rings. The lowest BCUT2D eigenvalue weighted by atomic mass is 10.1. The van der Waals surface area contributed by atoms with E-state index in [1.165, 1.54) is 5.56 Å². The van der Waals surface area contributed by atoms with Crippen molar-refractivity contribution in [2.75, 3.05) is 0 Å². The van der Waals surface area contributed by atoms with E-state index in [-0.39, 0.29) is 12.3 Å². The summed E-state index contributed by atoms with van der Waals surface area (Å²) in [6.07, 6.45) is 3.13. The van der Waals surface area contributed by atoms with Crippen LogP contribution < -0.4 is 5.43 Å². The molecule has 0 aliphatic carbocycles. The first-order chi connectivity index (χ1) is 7.83. The normalized spacial score (nSPS) is 9.94. The van der Waals surface area contributed by atoms with Crippen LogP contribution in [0.1, 0.15) is 18.4 Å². The van der Waals surface area contributed by atoms with Gasteiger partial charge in [0.2, 0.25) is 0 Å². The molecule has 0 unspecified atom stereocenters. The van der Waals surface area contributed by atoms with Gasteiger partial charge in [-0.2, -0.15) is 10.4 Å². The zero-order valence-electron chi connectivity index (χ0n) is 8.89. The molecule has 0 saturated carbocycles. The van der Waals surface area contributed by atoms with E-state index < -0.39 is 0 Å². The summed E-state index contributed by atoms with van der Waals surface area (Å²) in [6.45, 7) is 0. The zero-order valence-corrected chi connectivity index (χ0v) is 8.89. The molecule has 4 heteroatoms. The Kier molecular flexibility index (Phi) is 5.35. The molecular formula is C12H13N3O. The van der Waals surface area contributed by atoms with Gasteiger partial charge in [0, 0.05) is 6.21 Å². The fourth-order valence-corrected chi connectivity index (χ4v) is 1.17. The first-order valence-corrected chi connectivity index (χ1v) is 5.04. The van der Waals surface area contributed by atoms with E-state index in [0.29, 0.717) is 0 Å². The number of nitrogens with zero attached hydrogens (tertiary/aromatic N) is 2. The molecule has 0 aromatic heterocycles. The molecular weight excluding hydrogens is 202 g/mol. The van der Waals surface area contributed by atoms with Gasteiger partial charge in [-0.25, -0.2) is 5.43 Å². The van der Waals surface area contributed by atoms with Crippen molar-refractivity contribution in [3.05, 3.63) is 35.9 Å². The first kappa shape index (κ1) is 11.9. The number of aryl methyl sites for hydroxylation is 1. The zero-order chi connectivity index (χ0) is 11.6. The molecule has 0 aliphatic heterocycles. The number of carbonyl (C=O) groups is 1. The predicted octanol–water partition coefficient (Wildman–Crippen LogP) is 1.63. The number of benzene rings is 1. The number of hydrazone groups is 1. The number of hydrogen-bond donors (Lipinski definition) is 1. The highest BCUT2D eigenvalue weighted by Gasteiger charge is 1.94. The summed E-state index contributed by atoms with van der Waals surface area (Å²) in [5.74, 6) is -0.376. The lowest BCUT2D eigenvalue weighted by molar-refractivity contribution is -0.120. The van der Waals surface area contributed by atoms with E-state index in [2.05, 4.69) is 10.5 Å². The maximum Gasteiger partial charge on any atom is 0.254 e. The Morgan fingerprint density at radius 1 is 1.44 bits per heavy atom. The summed E-state index contributed by atoms with van der Waals surface area (Å²) in [5.41, 5.74) is 3.51. The molecule has 0 aliphatic rings. The average molecular weight is 215 g/mol. The summed E-state index contributed by atoms with van der Waals surface area (Å²) in [5, 5.41) is 12.0. The number of amides is 1. The fourth-order valence-electron chi connectivity index (χ4n) is 1.17. The minimum Gasteiger partial charge on any atom is -0.272 e. The SMILES string of the molecule is N#CCC(=O)NN=CCCc1ccccc1. The van der Waals surface area contributed by atoms with Crippen molar-refractivity contribution < 1.29 is 4.79 Å². The Labute approximate surface area is 94.6 Å². The number of rotatable bonds is 5. The van der Waals surface area contributed by atoms with Gasteiger partial charge in [0.1, 0.15) is 6.42 Å². The molecule has 1 aromatic carbocycles. The Morgan fingerprint density at radius 3 is 2.88 bits per heavy atom. The molecule has 0 saturated heterocycles. The van der Waals surface area contributed by atoms with Crippen LogP contribution in [-0.4, -0.2) is 12.1 Å². The highest BCUT2D eigenvalue weighted by atomic mass is 16.2. The van der Waals surface area contributed by atoms with Gasteiger partial charge in [-0.15, -0.1) is 0 Å². The quantitative estimate of drug-likeness (QED) is 0.599. The van der Waals surface area contributed by atoms with Crippen molar-refractivity contribution in [2.24, 2.45) is 5.10 Å². The van der Waals surface area contributed by atoms with Crippen LogP contribution in [0, 0.1) is 11.3 Å². The van der Waals surface area contributed by atoms with Crippen LogP contribution >= 0.6 is 0 Å². The van der Waals surface area contributed by atoms with Crippen molar-refractivity contribution in [3.63, 3.8) is 0 Å².